The smallest absolute Gasteiger partial charge is 0.324 e. The fourth-order valence-electron chi connectivity index (χ4n) is 4.06. The van der Waals surface area contributed by atoms with Crippen molar-refractivity contribution in [1.82, 2.24) is 20.4 Å². The molecule has 3 aliphatic rings. The lowest BCUT2D eigenvalue weighted by atomic mass is 10.1. The quantitative estimate of drug-likeness (QED) is 0.793. The summed E-state index contributed by atoms with van der Waals surface area (Å²) in [6.45, 7) is 2.04. The van der Waals surface area contributed by atoms with Crippen LogP contribution in [0.3, 0.4) is 0 Å². The Hall–Kier alpha value is -2.41. The van der Waals surface area contributed by atoms with E-state index in [0.717, 1.165) is 37.9 Å². The van der Waals surface area contributed by atoms with Crippen molar-refractivity contribution in [2.75, 3.05) is 19.6 Å². The molecule has 7 heteroatoms. The Bertz CT molecular complexity index is 690. The third-order valence-electron chi connectivity index (χ3n) is 5.34. The summed E-state index contributed by atoms with van der Waals surface area (Å²) in [5.41, 5.74) is 1.42. The van der Waals surface area contributed by atoms with Gasteiger partial charge in [0.15, 0.2) is 0 Å². The Balaban J connectivity index is 1.54. The van der Waals surface area contributed by atoms with E-state index in [1.54, 1.807) is 6.07 Å². The van der Waals surface area contributed by atoms with Gasteiger partial charge in [0.2, 0.25) is 5.91 Å². The summed E-state index contributed by atoms with van der Waals surface area (Å²) < 4.78 is 0. The van der Waals surface area contributed by atoms with E-state index in [1.165, 1.54) is 4.90 Å². The average molecular weight is 342 g/mol. The summed E-state index contributed by atoms with van der Waals surface area (Å²) >= 11 is 0. The molecule has 0 radical (unpaired) electrons. The SMILES string of the molecule is O=C1CNC(=O)N1Cc1cccc(C(=O)N2C3CCNCC2CC3)c1. The van der Waals surface area contributed by atoms with Crippen LogP contribution in [0.25, 0.3) is 0 Å². The van der Waals surface area contributed by atoms with Crippen LogP contribution in [0, 0.1) is 0 Å². The second-order valence-corrected chi connectivity index (χ2v) is 6.93. The number of fused-ring (bicyclic) bond motifs is 2. The highest BCUT2D eigenvalue weighted by molar-refractivity contribution is 6.02. The van der Waals surface area contributed by atoms with Crippen molar-refractivity contribution in [2.45, 2.75) is 37.9 Å². The Morgan fingerprint density at radius 1 is 1.16 bits per heavy atom. The fourth-order valence-corrected chi connectivity index (χ4v) is 4.06. The molecule has 3 heterocycles. The lowest BCUT2D eigenvalue weighted by Gasteiger charge is -2.28. The fraction of sp³-hybridized carbons (Fsp3) is 0.500. The van der Waals surface area contributed by atoms with Gasteiger partial charge in [0, 0.05) is 24.2 Å². The van der Waals surface area contributed by atoms with Crippen LogP contribution in [0.15, 0.2) is 24.3 Å². The number of benzene rings is 1. The van der Waals surface area contributed by atoms with Crippen LogP contribution in [0.2, 0.25) is 0 Å². The first-order valence-corrected chi connectivity index (χ1v) is 8.84. The summed E-state index contributed by atoms with van der Waals surface area (Å²) in [5, 5.41) is 5.91. The predicted molar refractivity (Wildman–Crippen MR) is 90.9 cm³/mol. The molecular formula is C18H22N4O3. The van der Waals surface area contributed by atoms with Gasteiger partial charge in [-0.05, 0) is 43.5 Å². The minimum Gasteiger partial charge on any atom is -0.331 e. The summed E-state index contributed by atoms with van der Waals surface area (Å²) in [4.78, 5) is 39.7. The van der Waals surface area contributed by atoms with E-state index in [0.29, 0.717) is 11.6 Å². The number of urea groups is 1. The lowest BCUT2D eigenvalue weighted by molar-refractivity contribution is -0.125. The molecule has 0 aliphatic carbocycles. The maximum absolute atomic E-state index is 13.1. The van der Waals surface area contributed by atoms with Gasteiger partial charge < -0.3 is 15.5 Å². The average Bonchev–Trinajstić information content (AvgIpc) is 3.06. The lowest BCUT2D eigenvalue weighted by Crippen LogP contribution is -2.42. The maximum atomic E-state index is 13.1. The first-order chi connectivity index (χ1) is 12.1. The molecule has 2 bridgehead atoms. The molecule has 4 amide bonds. The molecule has 1 aromatic rings. The molecule has 2 unspecified atom stereocenters. The number of imide groups is 1. The van der Waals surface area contributed by atoms with Crippen molar-refractivity contribution < 1.29 is 14.4 Å². The van der Waals surface area contributed by atoms with E-state index in [1.807, 2.05) is 23.1 Å². The van der Waals surface area contributed by atoms with E-state index in [4.69, 9.17) is 0 Å². The van der Waals surface area contributed by atoms with Gasteiger partial charge in [-0.1, -0.05) is 12.1 Å². The van der Waals surface area contributed by atoms with Crippen LogP contribution in [0.4, 0.5) is 4.79 Å². The Morgan fingerprint density at radius 3 is 2.80 bits per heavy atom. The number of nitrogens with zero attached hydrogens (tertiary/aromatic N) is 2. The molecule has 25 heavy (non-hydrogen) atoms. The van der Waals surface area contributed by atoms with Crippen molar-refractivity contribution in [1.29, 1.82) is 0 Å². The molecular weight excluding hydrogens is 320 g/mol. The van der Waals surface area contributed by atoms with Crippen LogP contribution in [0.1, 0.15) is 35.2 Å². The highest BCUT2D eigenvalue weighted by Crippen LogP contribution is 2.29. The van der Waals surface area contributed by atoms with Gasteiger partial charge in [-0.15, -0.1) is 0 Å². The van der Waals surface area contributed by atoms with E-state index in [9.17, 15) is 14.4 Å². The maximum Gasteiger partial charge on any atom is 0.324 e. The van der Waals surface area contributed by atoms with E-state index in [2.05, 4.69) is 10.6 Å². The van der Waals surface area contributed by atoms with Crippen molar-refractivity contribution in [3.63, 3.8) is 0 Å². The molecule has 3 fully saturated rings. The largest absolute Gasteiger partial charge is 0.331 e. The van der Waals surface area contributed by atoms with Crippen molar-refractivity contribution in [3.8, 4) is 0 Å². The topological polar surface area (TPSA) is 81.8 Å². The molecule has 2 atom stereocenters. The van der Waals surface area contributed by atoms with E-state index in [-0.39, 0.29) is 37.0 Å². The second-order valence-electron chi connectivity index (χ2n) is 6.93. The summed E-state index contributed by atoms with van der Waals surface area (Å²) in [6.07, 6.45) is 3.11. The number of amides is 4. The van der Waals surface area contributed by atoms with Crippen LogP contribution in [-0.2, 0) is 11.3 Å². The number of carbonyl (C=O) groups excluding carboxylic acids is 3. The highest BCUT2D eigenvalue weighted by atomic mass is 16.2. The van der Waals surface area contributed by atoms with Crippen molar-refractivity contribution >= 4 is 17.8 Å². The first kappa shape index (κ1) is 16.1. The van der Waals surface area contributed by atoms with Crippen LogP contribution in [-0.4, -0.2) is 59.4 Å². The molecule has 0 spiro atoms. The van der Waals surface area contributed by atoms with Gasteiger partial charge in [-0.25, -0.2) is 4.79 Å². The van der Waals surface area contributed by atoms with Crippen LogP contribution >= 0.6 is 0 Å². The molecule has 0 saturated carbocycles. The molecule has 4 rings (SSSR count). The minimum absolute atomic E-state index is 0.0432. The number of carbonyl (C=O) groups is 3. The number of nitrogens with one attached hydrogen (secondary N) is 2. The monoisotopic (exact) mass is 342 g/mol. The van der Waals surface area contributed by atoms with Crippen LogP contribution in [0.5, 0.6) is 0 Å². The zero-order valence-electron chi connectivity index (χ0n) is 14.0. The summed E-state index contributed by atoms with van der Waals surface area (Å²) in [7, 11) is 0. The van der Waals surface area contributed by atoms with Gasteiger partial charge in [-0.3, -0.25) is 14.5 Å². The zero-order valence-corrected chi connectivity index (χ0v) is 14.0. The molecule has 132 valence electrons. The molecule has 2 N–H and O–H groups in total. The van der Waals surface area contributed by atoms with Gasteiger partial charge >= 0.3 is 6.03 Å². The Labute approximate surface area is 146 Å². The molecule has 3 saturated heterocycles. The molecule has 7 nitrogen and oxygen atoms in total. The normalized spacial score (nSPS) is 25.9. The van der Waals surface area contributed by atoms with Crippen molar-refractivity contribution in [3.05, 3.63) is 35.4 Å². The van der Waals surface area contributed by atoms with Gasteiger partial charge in [0.05, 0.1) is 13.1 Å². The van der Waals surface area contributed by atoms with Gasteiger partial charge in [0.1, 0.15) is 0 Å². The molecule has 1 aromatic carbocycles. The summed E-state index contributed by atoms with van der Waals surface area (Å²) in [6, 6.07) is 7.47. The Kier molecular flexibility index (Phi) is 4.17. The van der Waals surface area contributed by atoms with Crippen LogP contribution < -0.4 is 10.6 Å². The van der Waals surface area contributed by atoms with Crippen molar-refractivity contribution in [2.24, 2.45) is 0 Å². The number of rotatable bonds is 3. The minimum atomic E-state index is -0.377. The predicted octanol–water partition coefficient (Wildman–Crippen LogP) is 0.705. The van der Waals surface area contributed by atoms with E-state index >= 15 is 0 Å². The third kappa shape index (κ3) is 3.00. The number of hydrogen-bond donors (Lipinski definition) is 2. The highest BCUT2D eigenvalue weighted by Gasteiger charge is 2.38. The second kappa shape index (κ2) is 6.48. The third-order valence-corrected chi connectivity index (χ3v) is 5.34. The molecule has 3 aliphatic heterocycles. The first-order valence-electron chi connectivity index (χ1n) is 8.84. The van der Waals surface area contributed by atoms with Gasteiger partial charge in [-0.2, -0.15) is 0 Å². The zero-order chi connectivity index (χ0) is 17.4. The van der Waals surface area contributed by atoms with Gasteiger partial charge in [0.25, 0.3) is 5.91 Å². The molecule has 0 aromatic heterocycles. The standard InChI is InChI=1S/C18H22N4O3/c23-16-10-20-18(25)21(16)11-12-2-1-3-13(8-12)17(24)22-14-4-5-15(22)9-19-7-6-14/h1-3,8,14-15,19H,4-7,9-11H2,(H,20,25). The summed E-state index contributed by atoms with van der Waals surface area (Å²) in [5.74, 6) is -0.186. The van der Waals surface area contributed by atoms with E-state index < -0.39 is 0 Å². The Morgan fingerprint density at radius 2 is 2.00 bits per heavy atom. The number of hydrogen-bond acceptors (Lipinski definition) is 4.